The largest absolute Gasteiger partial charge is 0.383 e. The van der Waals surface area contributed by atoms with Crippen molar-refractivity contribution in [3.05, 3.63) is 33.7 Å². The third kappa shape index (κ3) is 4.47. The number of rotatable bonds is 6. The van der Waals surface area contributed by atoms with E-state index in [0.29, 0.717) is 0 Å². The van der Waals surface area contributed by atoms with Gasteiger partial charge in [-0.15, -0.1) is 11.8 Å². The highest BCUT2D eigenvalue weighted by Gasteiger charge is 2.29. The van der Waals surface area contributed by atoms with Crippen LogP contribution in [0, 0.1) is 0 Å². The van der Waals surface area contributed by atoms with Gasteiger partial charge in [0.15, 0.2) is 6.23 Å². The Bertz CT molecular complexity index is 610. The Kier molecular flexibility index (Phi) is 5.52. The summed E-state index contributed by atoms with van der Waals surface area (Å²) in [5.41, 5.74) is 5.20. The summed E-state index contributed by atoms with van der Waals surface area (Å²) in [6.07, 6.45) is 4.40. The van der Waals surface area contributed by atoms with Gasteiger partial charge in [0, 0.05) is 19.2 Å². The van der Waals surface area contributed by atoms with Crippen LogP contribution in [-0.4, -0.2) is 29.5 Å². The maximum atomic E-state index is 12.1. The highest BCUT2D eigenvalue weighted by Crippen LogP contribution is 2.37. The lowest BCUT2D eigenvalue weighted by Crippen LogP contribution is -2.28. The number of aromatic nitrogens is 2. The second-order valence-electron chi connectivity index (χ2n) is 6.71. The Morgan fingerprint density at radius 3 is 2.77 bits per heavy atom. The first-order chi connectivity index (χ1) is 10.3. The molecule has 2 N–H and O–H groups in total. The highest BCUT2D eigenvalue weighted by molar-refractivity contribution is 8.03. The molecule has 122 valence electrons. The maximum absolute atomic E-state index is 12.1. The summed E-state index contributed by atoms with van der Waals surface area (Å²) in [5.74, 6) is 1.30. The molecule has 0 radical (unpaired) electrons. The van der Waals surface area contributed by atoms with E-state index in [-0.39, 0.29) is 23.8 Å². The molecule has 0 aliphatic carbocycles. The Morgan fingerprint density at radius 2 is 2.18 bits per heavy atom. The zero-order valence-electron chi connectivity index (χ0n) is 13.7. The van der Waals surface area contributed by atoms with Crippen LogP contribution in [0.3, 0.4) is 0 Å². The zero-order valence-corrected chi connectivity index (χ0v) is 15.5. The molecule has 0 unspecified atom stereocenters. The number of hydrogen-bond acceptors (Lipinski definition) is 5. The molecule has 0 spiro atoms. The van der Waals surface area contributed by atoms with Gasteiger partial charge in [-0.25, -0.2) is 4.79 Å². The van der Waals surface area contributed by atoms with Crippen LogP contribution in [0.1, 0.15) is 19.6 Å². The predicted octanol–water partition coefficient (Wildman–Crippen LogP) is 3.09. The number of nitrogens with two attached hydrogens (primary N) is 1. The fourth-order valence-electron chi connectivity index (χ4n) is 2.15. The van der Waals surface area contributed by atoms with Crippen LogP contribution in [-0.2, 0) is 4.74 Å². The van der Waals surface area contributed by atoms with Crippen molar-refractivity contribution in [1.29, 1.82) is 0 Å². The van der Waals surface area contributed by atoms with Crippen molar-refractivity contribution in [3.8, 4) is 0 Å². The van der Waals surface area contributed by atoms with Gasteiger partial charge >= 0.3 is 5.69 Å². The molecule has 0 aromatic carbocycles. The molecular formula is C15H25N3O2SSi. The average Bonchev–Trinajstić information content (AvgIpc) is 2.80. The Labute approximate surface area is 137 Å². The molecule has 1 aromatic rings. The van der Waals surface area contributed by atoms with E-state index in [0.717, 1.165) is 17.1 Å². The number of hydrogen-bond donors (Lipinski definition) is 1. The van der Waals surface area contributed by atoms with E-state index in [9.17, 15) is 4.79 Å². The van der Waals surface area contributed by atoms with Crippen molar-refractivity contribution in [1.82, 2.24) is 9.55 Å². The van der Waals surface area contributed by atoms with Crippen LogP contribution in [0.2, 0.25) is 25.7 Å². The van der Waals surface area contributed by atoms with Crippen LogP contribution in [0.25, 0.3) is 0 Å². The second-order valence-corrected chi connectivity index (χ2v) is 13.5. The number of nitrogens with zero attached hydrogens (tertiary/aromatic N) is 2. The summed E-state index contributed by atoms with van der Waals surface area (Å²) in [6.45, 7) is 9.19. The molecule has 1 aromatic heterocycles. The molecular weight excluding hydrogens is 314 g/mol. The first kappa shape index (κ1) is 17.3. The van der Waals surface area contributed by atoms with E-state index in [1.165, 1.54) is 10.6 Å². The average molecular weight is 340 g/mol. The third-order valence-electron chi connectivity index (χ3n) is 3.52. The number of thioether (sulfide) groups is 1. The number of ether oxygens (including phenoxy) is 1. The minimum absolute atomic E-state index is 0.0591. The topological polar surface area (TPSA) is 70.1 Å². The minimum Gasteiger partial charge on any atom is -0.383 e. The fourth-order valence-corrected chi connectivity index (χ4v) is 5.81. The summed E-state index contributed by atoms with van der Waals surface area (Å²) in [7, 11) is -1.06. The van der Waals surface area contributed by atoms with Gasteiger partial charge in [0.1, 0.15) is 5.82 Å². The minimum atomic E-state index is -1.06. The van der Waals surface area contributed by atoms with Gasteiger partial charge in [-0.3, -0.25) is 4.57 Å². The zero-order chi connectivity index (χ0) is 16.3. The standard InChI is InChI=1S/C15H25N3O2SSi/c1-5-11-10-12(21-8-9-22(2,3)4)14(20-11)18-7-6-13(16)17-15(18)19/h6-7,10-11,14H,5,8-9H2,1-4H3,(H2,16,17,19)/t11-,14-/m1/s1. The molecule has 0 bridgehead atoms. The van der Waals surface area contributed by atoms with Crippen molar-refractivity contribution in [2.75, 3.05) is 11.5 Å². The molecule has 0 saturated carbocycles. The highest BCUT2D eigenvalue weighted by atomic mass is 32.2. The quantitative estimate of drug-likeness (QED) is 0.807. The van der Waals surface area contributed by atoms with Gasteiger partial charge in [-0.05, 0) is 30.4 Å². The van der Waals surface area contributed by atoms with E-state index < -0.39 is 8.07 Å². The lowest BCUT2D eigenvalue weighted by molar-refractivity contribution is 0.0126. The van der Waals surface area contributed by atoms with Gasteiger partial charge < -0.3 is 10.5 Å². The van der Waals surface area contributed by atoms with E-state index in [4.69, 9.17) is 10.5 Å². The predicted molar refractivity (Wildman–Crippen MR) is 95.8 cm³/mol. The number of anilines is 1. The molecule has 0 saturated heterocycles. The summed E-state index contributed by atoms with van der Waals surface area (Å²) in [5, 5.41) is 0. The van der Waals surface area contributed by atoms with Crippen LogP contribution in [0.4, 0.5) is 5.82 Å². The lowest BCUT2D eigenvalue weighted by Gasteiger charge is -2.20. The van der Waals surface area contributed by atoms with Gasteiger partial charge in [0.05, 0.1) is 6.10 Å². The first-order valence-corrected chi connectivity index (χ1v) is 12.3. The molecule has 1 aliphatic rings. The fraction of sp³-hybridized carbons (Fsp3) is 0.600. The van der Waals surface area contributed by atoms with Crippen molar-refractivity contribution >= 4 is 25.7 Å². The molecule has 2 rings (SSSR count). The molecule has 7 heteroatoms. The summed E-state index contributed by atoms with van der Waals surface area (Å²) >= 11 is 1.80. The molecule has 0 amide bonds. The van der Waals surface area contributed by atoms with E-state index in [2.05, 4.69) is 37.6 Å². The summed E-state index contributed by atoms with van der Waals surface area (Å²) < 4.78 is 7.52. The lowest BCUT2D eigenvalue weighted by atomic mass is 10.3. The van der Waals surface area contributed by atoms with E-state index >= 15 is 0 Å². The van der Waals surface area contributed by atoms with Crippen LogP contribution < -0.4 is 11.4 Å². The SMILES string of the molecule is CC[C@@H]1C=C(SCC[Si](C)(C)C)[C@H](n2ccc(N)nc2=O)O1. The first-order valence-electron chi connectivity index (χ1n) is 7.65. The van der Waals surface area contributed by atoms with Gasteiger partial charge in [-0.1, -0.05) is 26.6 Å². The van der Waals surface area contributed by atoms with Gasteiger partial charge in [0.2, 0.25) is 0 Å². The van der Waals surface area contributed by atoms with Gasteiger partial charge in [-0.2, -0.15) is 4.98 Å². The molecule has 1 aliphatic heterocycles. The molecule has 0 fully saturated rings. The normalized spacial score (nSPS) is 21.9. The van der Waals surface area contributed by atoms with Gasteiger partial charge in [0.25, 0.3) is 0 Å². The van der Waals surface area contributed by atoms with Crippen LogP contribution >= 0.6 is 11.8 Å². The van der Waals surface area contributed by atoms with Crippen molar-refractivity contribution in [2.24, 2.45) is 0 Å². The van der Waals surface area contributed by atoms with Crippen molar-refractivity contribution in [3.63, 3.8) is 0 Å². The Balaban J connectivity index is 2.15. The van der Waals surface area contributed by atoms with Crippen LogP contribution in [0.5, 0.6) is 0 Å². The smallest absolute Gasteiger partial charge is 0.351 e. The molecule has 22 heavy (non-hydrogen) atoms. The van der Waals surface area contributed by atoms with Crippen molar-refractivity contribution in [2.45, 2.75) is 51.4 Å². The van der Waals surface area contributed by atoms with Crippen LogP contribution in [0.15, 0.2) is 28.0 Å². The monoisotopic (exact) mass is 339 g/mol. The summed E-state index contributed by atoms with van der Waals surface area (Å²) in [6, 6.07) is 2.88. The molecule has 2 heterocycles. The maximum Gasteiger partial charge on any atom is 0.351 e. The van der Waals surface area contributed by atoms with E-state index in [1.54, 1.807) is 24.0 Å². The Hall–Kier alpha value is -1.05. The molecule has 5 nitrogen and oxygen atoms in total. The Morgan fingerprint density at radius 1 is 1.45 bits per heavy atom. The second kappa shape index (κ2) is 7.02. The van der Waals surface area contributed by atoms with E-state index in [1.807, 2.05) is 0 Å². The molecule has 2 atom stereocenters. The number of nitrogen functional groups attached to an aromatic ring is 1. The van der Waals surface area contributed by atoms with Crippen molar-refractivity contribution < 1.29 is 4.74 Å². The third-order valence-corrected chi connectivity index (χ3v) is 6.72. The summed E-state index contributed by atoms with van der Waals surface area (Å²) in [4.78, 5) is 17.0.